The van der Waals surface area contributed by atoms with Crippen LogP contribution in [0.3, 0.4) is 0 Å². The lowest BCUT2D eigenvalue weighted by atomic mass is 9.87. The molecule has 106 valence electrons. The minimum atomic E-state index is -0.685. The first-order valence-corrected chi connectivity index (χ1v) is 7.15. The normalized spacial score (nSPS) is 16.6. The zero-order valence-corrected chi connectivity index (χ0v) is 11.6. The molecular weight excluding hydrogens is 284 g/mol. The molecule has 20 heavy (non-hydrogen) atoms. The van der Waals surface area contributed by atoms with Crippen LogP contribution in [-0.2, 0) is 0 Å². The molecule has 0 radical (unpaired) electrons. The number of nitrogens with zero attached hydrogens (tertiary/aromatic N) is 1. The van der Waals surface area contributed by atoms with Crippen molar-refractivity contribution in [3.05, 3.63) is 40.6 Å². The van der Waals surface area contributed by atoms with Crippen LogP contribution in [0.5, 0.6) is 0 Å². The van der Waals surface area contributed by atoms with Gasteiger partial charge in [0.1, 0.15) is 22.4 Å². The minimum Gasteiger partial charge on any atom is -0.359 e. The van der Waals surface area contributed by atoms with Gasteiger partial charge in [-0.3, -0.25) is 0 Å². The van der Waals surface area contributed by atoms with Crippen LogP contribution in [0.4, 0.5) is 8.78 Å². The van der Waals surface area contributed by atoms with E-state index >= 15 is 0 Å². The molecule has 1 aliphatic rings. The first-order chi connectivity index (χ1) is 9.68. The van der Waals surface area contributed by atoms with Crippen molar-refractivity contribution in [1.82, 2.24) is 5.16 Å². The monoisotopic (exact) mass is 297 g/mol. The van der Waals surface area contributed by atoms with E-state index in [0.29, 0.717) is 5.76 Å². The van der Waals surface area contributed by atoms with Crippen molar-refractivity contribution in [2.45, 2.75) is 38.0 Å². The van der Waals surface area contributed by atoms with E-state index < -0.39 is 11.6 Å². The lowest BCUT2D eigenvalue weighted by Crippen LogP contribution is -2.03. The van der Waals surface area contributed by atoms with E-state index in [2.05, 4.69) is 5.16 Å². The third-order valence-electron chi connectivity index (χ3n) is 3.84. The summed E-state index contributed by atoms with van der Waals surface area (Å²) in [4.78, 5) is 0. The fourth-order valence-corrected chi connectivity index (χ4v) is 3.11. The van der Waals surface area contributed by atoms with Gasteiger partial charge in [0.2, 0.25) is 0 Å². The Kier molecular flexibility index (Phi) is 3.74. The summed E-state index contributed by atoms with van der Waals surface area (Å²) in [7, 11) is 0. The standard InChI is InChI=1S/C15H14ClF2NO/c16-13-14(12-10(17)7-4-8-11(12)18)19-20-15(13)9-5-2-1-3-6-9/h4,7-9H,1-3,5-6H2. The Labute approximate surface area is 120 Å². The molecule has 1 saturated carbocycles. The highest BCUT2D eigenvalue weighted by Crippen LogP contribution is 2.41. The largest absolute Gasteiger partial charge is 0.359 e. The second kappa shape index (κ2) is 5.52. The lowest BCUT2D eigenvalue weighted by Gasteiger charge is -2.18. The summed E-state index contributed by atoms with van der Waals surface area (Å²) in [5.41, 5.74) is -0.161. The smallest absolute Gasteiger partial charge is 0.159 e. The molecule has 0 atom stereocenters. The summed E-state index contributed by atoms with van der Waals surface area (Å²) in [6.07, 6.45) is 5.40. The molecular formula is C15H14ClF2NO. The van der Waals surface area contributed by atoms with Crippen molar-refractivity contribution >= 4 is 11.6 Å². The van der Waals surface area contributed by atoms with Crippen LogP contribution in [0.1, 0.15) is 43.8 Å². The predicted molar refractivity (Wildman–Crippen MR) is 72.7 cm³/mol. The van der Waals surface area contributed by atoms with E-state index in [9.17, 15) is 8.78 Å². The molecule has 1 aromatic heterocycles. The highest BCUT2D eigenvalue weighted by molar-refractivity contribution is 6.33. The molecule has 1 aliphatic carbocycles. The van der Waals surface area contributed by atoms with Crippen LogP contribution in [0.15, 0.2) is 22.7 Å². The average Bonchev–Trinajstić information content (AvgIpc) is 2.82. The highest BCUT2D eigenvalue weighted by Gasteiger charge is 2.27. The average molecular weight is 298 g/mol. The van der Waals surface area contributed by atoms with Crippen LogP contribution in [0.2, 0.25) is 5.02 Å². The van der Waals surface area contributed by atoms with Crippen molar-refractivity contribution in [2.75, 3.05) is 0 Å². The molecule has 5 heteroatoms. The van der Waals surface area contributed by atoms with Crippen LogP contribution < -0.4 is 0 Å². The van der Waals surface area contributed by atoms with Crippen LogP contribution in [-0.4, -0.2) is 5.16 Å². The van der Waals surface area contributed by atoms with Crippen LogP contribution >= 0.6 is 11.6 Å². The molecule has 1 heterocycles. The van der Waals surface area contributed by atoms with Gasteiger partial charge >= 0.3 is 0 Å². The summed E-state index contributed by atoms with van der Waals surface area (Å²) in [5, 5.41) is 4.03. The third-order valence-corrected chi connectivity index (χ3v) is 4.20. The quantitative estimate of drug-likeness (QED) is 0.749. The summed E-state index contributed by atoms with van der Waals surface area (Å²) in [6, 6.07) is 3.68. The summed E-state index contributed by atoms with van der Waals surface area (Å²) < 4.78 is 32.9. The zero-order chi connectivity index (χ0) is 14.1. The van der Waals surface area contributed by atoms with E-state index in [4.69, 9.17) is 16.1 Å². The molecule has 1 fully saturated rings. The number of hydrogen-bond acceptors (Lipinski definition) is 2. The maximum atomic E-state index is 13.8. The molecule has 1 aromatic carbocycles. The fraction of sp³-hybridized carbons (Fsp3) is 0.400. The molecule has 0 saturated heterocycles. The van der Waals surface area contributed by atoms with E-state index in [0.717, 1.165) is 25.7 Å². The Morgan fingerprint density at radius 1 is 1.10 bits per heavy atom. The van der Waals surface area contributed by atoms with Gasteiger partial charge in [-0.1, -0.05) is 42.1 Å². The third kappa shape index (κ3) is 2.33. The molecule has 2 aromatic rings. The Morgan fingerprint density at radius 3 is 2.40 bits per heavy atom. The lowest BCUT2D eigenvalue weighted by molar-refractivity contribution is 0.322. The molecule has 0 unspecified atom stereocenters. The van der Waals surface area contributed by atoms with Gasteiger partial charge in [0, 0.05) is 5.92 Å². The van der Waals surface area contributed by atoms with E-state index in [-0.39, 0.29) is 22.2 Å². The zero-order valence-electron chi connectivity index (χ0n) is 10.8. The Morgan fingerprint density at radius 2 is 1.75 bits per heavy atom. The summed E-state index contributed by atoms with van der Waals surface area (Å²) in [5.74, 6) is -0.609. The minimum absolute atomic E-state index is 0.0582. The number of rotatable bonds is 2. The molecule has 2 nitrogen and oxygen atoms in total. The van der Waals surface area contributed by atoms with Gasteiger partial charge in [-0.15, -0.1) is 0 Å². The molecule has 0 spiro atoms. The first-order valence-electron chi connectivity index (χ1n) is 6.78. The van der Waals surface area contributed by atoms with E-state index in [1.54, 1.807) is 0 Å². The second-order valence-electron chi connectivity index (χ2n) is 5.14. The van der Waals surface area contributed by atoms with Gasteiger partial charge in [-0.05, 0) is 25.0 Å². The topological polar surface area (TPSA) is 26.0 Å². The van der Waals surface area contributed by atoms with Crippen molar-refractivity contribution < 1.29 is 13.3 Å². The van der Waals surface area contributed by atoms with Crippen molar-refractivity contribution in [1.29, 1.82) is 0 Å². The van der Waals surface area contributed by atoms with Crippen molar-refractivity contribution in [2.24, 2.45) is 0 Å². The number of hydrogen-bond donors (Lipinski definition) is 0. The van der Waals surface area contributed by atoms with E-state index in [1.807, 2.05) is 0 Å². The maximum Gasteiger partial charge on any atom is 0.159 e. The Balaban J connectivity index is 2.02. The molecule has 3 rings (SSSR count). The summed E-state index contributed by atoms with van der Waals surface area (Å²) >= 11 is 6.25. The second-order valence-corrected chi connectivity index (χ2v) is 5.52. The van der Waals surface area contributed by atoms with Crippen molar-refractivity contribution in [3.63, 3.8) is 0 Å². The maximum absolute atomic E-state index is 13.8. The highest BCUT2D eigenvalue weighted by atomic mass is 35.5. The van der Waals surface area contributed by atoms with Gasteiger partial charge in [-0.2, -0.15) is 0 Å². The summed E-state index contributed by atoms with van der Waals surface area (Å²) in [6.45, 7) is 0. The molecule has 0 aliphatic heterocycles. The van der Waals surface area contributed by atoms with Gasteiger partial charge in [0.05, 0.1) is 5.56 Å². The molecule has 0 N–H and O–H groups in total. The number of halogens is 3. The van der Waals surface area contributed by atoms with Gasteiger partial charge in [0.25, 0.3) is 0 Å². The van der Waals surface area contributed by atoms with E-state index in [1.165, 1.54) is 24.6 Å². The van der Waals surface area contributed by atoms with Gasteiger partial charge in [0.15, 0.2) is 5.76 Å². The number of aromatic nitrogens is 1. The van der Waals surface area contributed by atoms with Crippen LogP contribution in [0.25, 0.3) is 11.3 Å². The van der Waals surface area contributed by atoms with Gasteiger partial charge < -0.3 is 4.52 Å². The molecule has 0 bridgehead atoms. The first kappa shape index (κ1) is 13.6. The SMILES string of the molecule is Fc1cccc(F)c1-c1noc(C2CCCCC2)c1Cl. The predicted octanol–water partition coefficient (Wildman–Crippen LogP) is 5.32. The fourth-order valence-electron chi connectivity index (χ4n) is 2.79. The Hall–Kier alpha value is -1.42. The Bertz CT molecular complexity index is 600. The van der Waals surface area contributed by atoms with Gasteiger partial charge in [-0.25, -0.2) is 8.78 Å². The number of benzene rings is 1. The van der Waals surface area contributed by atoms with Crippen molar-refractivity contribution in [3.8, 4) is 11.3 Å². The van der Waals surface area contributed by atoms with Crippen LogP contribution in [0, 0.1) is 11.6 Å². The molecule has 0 amide bonds.